The molecule has 0 fully saturated rings. The van der Waals surface area contributed by atoms with Crippen molar-refractivity contribution in [3.05, 3.63) is 54.1 Å². The van der Waals surface area contributed by atoms with Crippen molar-refractivity contribution in [1.82, 2.24) is 9.62 Å². The minimum absolute atomic E-state index is 0.115. The second-order valence-electron chi connectivity index (χ2n) is 5.55. The maximum absolute atomic E-state index is 12.3. The van der Waals surface area contributed by atoms with Crippen molar-refractivity contribution in [2.45, 2.75) is 4.90 Å². The molecule has 0 radical (unpaired) electrons. The van der Waals surface area contributed by atoms with Gasteiger partial charge in [0.25, 0.3) is 5.91 Å². The van der Waals surface area contributed by atoms with Crippen molar-refractivity contribution in [2.75, 3.05) is 31.8 Å². The normalized spacial score (nSPS) is 11.1. The number of urea groups is 1. The molecule has 0 bridgehead atoms. The molecular weight excluding hydrogens is 356 g/mol. The van der Waals surface area contributed by atoms with Gasteiger partial charge in [0.15, 0.2) is 0 Å². The first-order valence-electron chi connectivity index (χ1n) is 7.67. The first-order chi connectivity index (χ1) is 12.2. The first-order valence-corrected chi connectivity index (χ1v) is 9.11. The zero-order valence-electron chi connectivity index (χ0n) is 14.6. The summed E-state index contributed by atoms with van der Waals surface area (Å²) >= 11 is 0. The van der Waals surface area contributed by atoms with Crippen LogP contribution in [0, 0.1) is 0 Å². The predicted molar refractivity (Wildman–Crippen MR) is 99.8 cm³/mol. The maximum Gasteiger partial charge on any atom is 0.318 e. The van der Waals surface area contributed by atoms with Crippen molar-refractivity contribution in [3.63, 3.8) is 0 Å². The van der Waals surface area contributed by atoms with Gasteiger partial charge in [-0.15, -0.1) is 0 Å². The molecule has 2 aromatic rings. The fraction of sp³-hybridized carbons (Fsp3) is 0.176. The van der Waals surface area contributed by atoms with Crippen LogP contribution in [-0.2, 0) is 10.0 Å². The maximum atomic E-state index is 12.3. The molecule has 9 heteroatoms. The number of hydrogen-bond acceptors (Lipinski definition) is 4. The number of amides is 3. The van der Waals surface area contributed by atoms with Gasteiger partial charge in [-0.3, -0.25) is 4.79 Å². The summed E-state index contributed by atoms with van der Waals surface area (Å²) < 4.78 is 25.2. The molecule has 0 heterocycles. The molecule has 0 aliphatic carbocycles. The van der Waals surface area contributed by atoms with Gasteiger partial charge in [0, 0.05) is 38.1 Å². The lowest BCUT2D eigenvalue weighted by Crippen LogP contribution is -2.24. The van der Waals surface area contributed by atoms with E-state index in [9.17, 15) is 18.0 Å². The van der Waals surface area contributed by atoms with E-state index in [2.05, 4.69) is 16.0 Å². The zero-order valence-corrected chi connectivity index (χ0v) is 15.4. The first kappa shape index (κ1) is 19.4. The summed E-state index contributed by atoms with van der Waals surface area (Å²) in [6.07, 6.45) is 0. The van der Waals surface area contributed by atoms with Crippen LogP contribution in [0.4, 0.5) is 16.2 Å². The van der Waals surface area contributed by atoms with Gasteiger partial charge in [-0.05, 0) is 48.5 Å². The van der Waals surface area contributed by atoms with Gasteiger partial charge in [0.2, 0.25) is 10.0 Å². The summed E-state index contributed by atoms with van der Waals surface area (Å²) in [6, 6.07) is 11.9. The van der Waals surface area contributed by atoms with Crippen molar-refractivity contribution in [1.29, 1.82) is 0 Å². The highest BCUT2D eigenvalue weighted by atomic mass is 32.2. The van der Waals surface area contributed by atoms with Gasteiger partial charge in [0.05, 0.1) is 4.90 Å². The number of nitrogens with zero attached hydrogens (tertiary/aromatic N) is 1. The lowest BCUT2D eigenvalue weighted by molar-refractivity contribution is 0.102. The average Bonchev–Trinajstić information content (AvgIpc) is 2.63. The number of carbonyl (C=O) groups is 2. The molecule has 2 rings (SSSR count). The molecular formula is C17H20N4O4S. The van der Waals surface area contributed by atoms with E-state index >= 15 is 0 Å². The largest absolute Gasteiger partial charge is 0.341 e. The molecule has 0 unspecified atom stereocenters. The number of carbonyl (C=O) groups excluding carboxylic acids is 2. The van der Waals surface area contributed by atoms with Crippen LogP contribution in [0.15, 0.2) is 53.4 Å². The zero-order chi connectivity index (χ0) is 19.3. The summed E-state index contributed by atoms with van der Waals surface area (Å²) in [7, 11) is 0.866. The highest BCUT2D eigenvalue weighted by Crippen LogP contribution is 2.17. The molecule has 0 saturated heterocycles. The molecule has 0 spiro atoms. The highest BCUT2D eigenvalue weighted by molar-refractivity contribution is 7.89. The van der Waals surface area contributed by atoms with Crippen molar-refractivity contribution in [2.24, 2.45) is 0 Å². The highest BCUT2D eigenvalue weighted by Gasteiger charge is 2.17. The average molecular weight is 376 g/mol. The van der Waals surface area contributed by atoms with E-state index in [1.165, 1.54) is 45.4 Å². The van der Waals surface area contributed by atoms with Crippen LogP contribution in [0.1, 0.15) is 10.4 Å². The standard InChI is InChI=1S/C17H20N4O4S/c1-18-17(23)20-14-8-6-13(7-9-14)19-16(22)12-4-10-15(11-5-12)26(24,25)21(2)3/h4-11H,1-3H3,(H,19,22)(H2,18,20,23). The van der Waals surface area contributed by atoms with Crippen LogP contribution in [0.5, 0.6) is 0 Å². The molecule has 0 atom stereocenters. The van der Waals surface area contributed by atoms with E-state index in [0.717, 1.165) is 4.31 Å². The summed E-state index contributed by atoms with van der Waals surface area (Å²) in [5.41, 5.74) is 1.46. The van der Waals surface area contributed by atoms with Crippen LogP contribution in [-0.4, -0.2) is 45.8 Å². The number of anilines is 2. The number of rotatable bonds is 5. The molecule has 0 saturated carbocycles. The molecule has 3 amide bonds. The SMILES string of the molecule is CNC(=O)Nc1ccc(NC(=O)c2ccc(S(=O)(=O)N(C)C)cc2)cc1. The predicted octanol–water partition coefficient (Wildman–Crippen LogP) is 1.94. The van der Waals surface area contributed by atoms with Gasteiger partial charge in [-0.1, -0.05) is 0 Å². The Bertz CT molecular complexity index is 891. The topological polar surface area (TPSA) is 108 Å². The molecule has 2 aromatic carbocycles. The van der Waals surface area contributed by atoms with E-state index in [0.29, 0.717) is 16.9 Å². The van der Waals surface area contributed by atoms with E-state index in [-0.39, 0.29) is 16.8 Å². The van der Waals surface area contributed by atoms with Gasteiger partial charge >= 0.3 is 6.03 Å². The Hall–Kier alpha value is -2.91. The molecule has 3 N–H and O–H groups in total. The smallest absolute Gasteiger partial charge is 0.318 e. The Morgan fingerprint density at radius 3 is 1.81 bits per heavy atom. The van der Waals surface area contributed by atoms with E-state index in [4.69, 9.17) is 0 Å². The van der Waals surface area contributed by atoms with Gasteiger partial charge in [0.1, 0.15) is 0 Å². The fourth-order valence-electron chi connectivity index (χ4n) is 2.02. The summed E-state index contributed by atoms with van der Waals surface area (Å²) in [5.74, 6) is -0.370. The third-order valence-electron chi connectivity index (χ3n) is 3.52. The van der Waals surface area contributed by atoms with Crippen LogP contribution in [0.2, 0.25) is 0 Å². The van der Waals surface area contributed by atoms with E-state index in [1.54, 1.807) is 24.3 Å². The van der Waals surface area contributed by atoms with Crippen molar-refractivity contribution < 1.29 is 18.0 Å². The van der Waals surface area contributed by atoms with E-state index < -0.39 is 10.0 Å². The van der Waals surface area contributed by atoms with Crippen LogP contribution < -0.4 is 16.0 Å². The fourth-order valence-corrected chi connectivity index (χ4v) is 2.92. The van der Waals surface area contributed by atoms with Crippen molar-refractivity contribution >= 4 is 33.3 Å². The Labute approximate surface area is 152 Å². The lowest BCUT2D eigenvalue weighted by atomic mass is 10.2. The number of nitrogens with one attached hydrogen (secondary N) is 3. The minimum atomic E-state index is -3.53. The third-order valence-corrected chi connectivity index (χ3v) is 5.35. The van der Waals surface area contributed by atoms with Crippen LogP contribution in [0.3, 0.4) is 0 Å². The number of benzene rings is 2. The third kappa shape index (κ3) is 4.58. The van der Waals surface area contributed by atoms with Gasteiger partial charge in [-0.25, -0.2) is 17.5 Å². The minimum Gasteiger partial charge on any atom is -0.341 e. The number of hydrogen-bond donors (Lipinski definition) is 3. The van der Waals surface area contributed by atoms with E-state index in [1.807, 2.05) is 0 Å². The Morgan fingerprint density at radius 2 is 1.35 bits per heavy atom. The molecule has 26 heavy (non-hydrogen) atoms. The molecule has 0 aliphatic heterocycles. The van der Waals surface area contributed by atoms with Gasteiger partial charge in [-0.2, -0.15) is 0 Å². The number of sulfonamides is 1. The summed E-state index contributed by atoms with van der Waals surface area (Å²) in [5, 5.41) is 7.75. The second kappa shape index (κ2) is 7.98. The molecule has 138 valence electrons. The Balaban J connectivity index is 2.07. The monoisotopic (exact) mass is 376 g/mol. The molecule has 8 nitrogen and oxygen atoms in total. The molecule has 0 aromatic heterocycles. The summed E-state index contributed by atoms with van der Waals surface area (Å²) in [4.78, 5) is 23.6. The molecule has 0 aliphatic rings. The Kier molecular flexibility index (Phi) is 5.96. The second-order valence-corrected chi connectivity index (χ2v) is 7.70. The van der Waals surface area contributed by atoms with Crippen LogP contribution >= 0.6 is 0 Å². The van der Waals surface area contributed by atoms with Crippen LogP contribution in [0.25, 0.3) is 0 Å². The lowest BCUT2D eigenvalue weighted by Gasteiger charge is -2.12. The quantitative estimate of drug-likeness (QED) is 0.741. The van der Waals surface area contributed by atoms with Crippen molar-refractivity contribution in [3.8, 4) is 0 Å². The Morgan fingerprint density at radius 1 is 0.846 bits per heavy atom. The van der Waals surface area contributed by atoms with Gasteiger partial charge < -0.3 is 16.0 Å². The summed E-state index contributed by atoms with van der Waals surface area (Å²) in [6.45, 7) is 0.